The molecule has 0 aliphatic heterocycles. The number of hydrogen-bond donors (Lipinski definition) is 0. The molecule has 0 saturated heterocycles. The van der Waals surface area contributed by atoms with Crippen LogP contribution in [0.2, 0.25) is 0 Å². The summed E-state index contributed by atoms with van der Waals surface area (Å²) in [6, 6.07) is 12.6. The number of hydrogen-bond acceptors (Lipinski definition) is 2. The zero-order chi connectivity index (χ0) is 16.1. The van der Waals surface area contributed by atoms with Gasteiger partial charge < -0.3 is 0 Å². The first-order chi connectivity index (χ1) is 10.7. The van der Waals surface area contributed by atoms with Crippen LogP contribution in [-0.2, 0) is 6.42 Å². The van der Waals surface area contributed by atoms with E-state index in [1.54, 1.807) is 0 Å². The maximum Gasteiger partial charge on any atom is 0.101 e. The van der Waals surface area contributed by atoms with Crippen LogP contribution in [0.5, 0.6) is 0 Å². The summed E-state index contributed by atoms with van der Waals surface area (Å²) in [5.74, 6) is 0.386. The zero-order valence-electron chi connectivity index (χ0n) is 13.6. The van der Waals surface area contributed by atoms with Crippen LogP contribution in [-0.4, -0.2) is 0 Å². The monoisotopic (exact) mass is 290 g/mol. The summed E-state index contributed by atoms with van der Waals surface area (Å²) in [6.07, 6.45) is 4.03. The van der Waals surface area contributed by atoms with Crippen LogP contribution in [0.4, 0.5) is 0 Å². The average Bonchev–Trinajstić information content (AvgIpc) is 2.57. The van der Waals surface area contributed by atoms with E-state index in [1.165, 1.54) is 5.56 Å². The predicted octanol–water partition coefficient (Wildman–Crippen LogP) is 5.44. The van der Waals surface area contributed by atoms with E-state index >= 15 is 0 Å². The van der Waals surface area contributed by atoms with Gasteiger partial charge in [-0.05, 0) is 41.7 Å². The number of nitriles is 2. The second-order valence-corrected chi connectivity index (χ2v) is 5.82. The fourth-order valence-corrected chi connectivity index (χ4v) is 3.14. The quantitative estimate of drug-likeness (QED) is 0.736. The molecule has 2 nitrogen and oxygen atoms in total. The Morgan fingerprint density at radius 1 is 1.00 bits per heavy atom. The average molecular weight is 290 g/mol. The molecule has 1 atom stereocenters. The van der Waals surface area contributed by atoms with Crippen LogP contribution in [0.3, 0.4) is 0 Å². The summed E-state index contributed by atoms with van der Waals surface area (Å²) in [4.78, 5) is 0. The summed E-state index contributed by atoms with van der Waals surface area (Å²) in [5, 5.41) is 21.3. The number of fused-ring (bicyclic) bond motifs is 1. The molecule has 0 aromatic heterocycles. The van der Waals surface area contributed by atoms with Crippen molar-refractivity contribution in [2.75, 3.05) is 0 Å². The predicted molar refractivity (Wildman–Crippen MR) is 90.7 cm³/mol. The fraction of sp³-hybridized carbons (Fsp3) is 0.400. The van der Waals surface area contributed by atoms with Gasteiger partial charge in [0.15, 0.2) is 0 Å². The normalized spacial score (nSPS) is 11.9. The van der Waals surface area contributed by atoms with E-state index in [-0.39, 0.29) is 0 Å². The molecule has 0 amide bonds. The van der Waals surface area contributed by atoms with Gasteiger partial charge in [-0.3, -0.25) is 0 Å². The second-order valence-electron chi connectivity index (χ2n) is 5.82. The first-order valence-electron chi connectivity index (χ1n) is 8.07. The molecular formula is C20H22N2. The van der Waals surface area contributed by atoms with Gasteiger partial charge in [0.1, 0.15) is 12.1 Å². The Bertz CT molecular complexity index is 760. The lowest BCUT2D eigenvalue weighted by molar-refractivity contribution is 0.713. The summed E-state index contributed by atoms with van der Waals surface area (Å²) in [6.45, 7) is 6.54. The van der Waals surface area contributed by atoms with Crippen LogP contribution in [0.15, 0.2) is 24.3 Å². The second kappa shape index (κ2) is 7.10. The molecule has 0 aliphatic rings. The summed E-state index contributed by atoms with van der Waals surface area (Å²) in [5.41, 5.74) is 3.48. The van der Waals surface area contributed by atoms with Crippen molar-refractivity contribution in [2.45, 2.75) is 52.4 Å². The number of benzene rings is 2. The topological polar surface area (TPSA) is 47.6 Å². The zero-order valence-corrected chi connectivity index (χ0v) is 13.6. The highest BCUT2D eigenvalue weighted by molar-refractivity contribution is 5.94. The highest BCUT2D eigenvalue weighted by Crippen LogP contribution is 2.36. The first-order valence-corrected chi connectivity index (χ1v) is 8.07. The van der Waals surface area contributed by atoms with E-state index < -0.39 is 0 Å². The summed E-state index contributed by atoms with van der Waals surface area (Å²) in [7, 11) is 0. The molecule has 0 spiro atoms. The third kappa shape index (κ3) is 2.70. The van der Waals surface area contributed by atoms with Gasteiger partial charge in [-0.25, -0.2) is 0 Å². The number of nitrogens with zero attached hydrogens (tertiary/aromatic N) is 2. The van der Waals surface area contributed by atoms with Gasteiger partial charge in [0.05, 0.1) is 11.1 Å². The van der Waals surface area contributed by atoms with Gasteiger partial charge in [-0.15, -0.1) is 0 Å². The molecule has 0 aliphatic carbocycles. The molecule has 1 unspecified atom stereocenters. The minimum Gasteiger partial charge on any atom is -0.192 e. The number of rotatable bonds is 5. The molecule has 112 valence electrons. The van der Waals surface area contributed by atoms with Crippen LogP contribution in [0.25, 0.3) is 10.8 Å². The Balaban J connectivity index is 2.93. The van der Waals surface area contributed by atoms with Crippen LogP contribution in [0, 0.1) is 22.7 Å². The van der Waals surface area contributed by atoms with E-state index in [0.717, 1.165) is 42.0 Å². The first kappa shape index (κ1) is 16.1. The molecule has 2 aromatic rings. The third-order valence-corrected chi connectivity index (χ3v) is 4.47. The Morgan fingerprint density at radius 2 is 1.64 bits per heavy atom. The smallest absolute Gasteiger partial charge is 0.101 e. The maximum absolute atomic E-state index is 9.67. The van der Waals surface area contributed by atoms with Gasteiger partial charge in [0, 0.05) is 5.39 Å². The van der Waals surface area contributed by atoms with Crippen molar-refractivity contribution < 1.29 is 0 Å². The standard InChI is InChI=1S/C20H22N2/c1-4-6-9-17-19(13-22)18(12-21)15-10-7-8-11-16(15)20(17)14(3)5-2/h7-8,10-11,14H,4-6,9H2,1-3H3. The lowest BCUT2D eigenvalue weighted by atomic mass is 9.82. The Kier molecular flexibility index (Phi) is 5.18. The lowest BCUT2D eigenvalue weighted by Crippen LogP contribution is -2.06. The maximum atomic E-state index is 9.67. The molecule has 2 heteroatoms. The Morgan fingerprint density at radius 3 is 2.18 bits per heavy atom. The van der Waals surface area contributed by atoms with Gasteiger partial charge in [-0.1, -0.05) is 51.5 Å². The van der Waals surface area contributed by atoms with E-state index in [9.17, 15) is 10.5 Å². The highest BCUT2D eigenvalue weighted by atomic mass is 14.3. The summed E-state index contributed by atoms with van der Waals surface area (Å²) < 4.78 is 0. The van der Waals surface area contributed by atoms with Gasteiger partial charge in [0.2, 0.25) is 0 Å². The molecule has 0 N–H and O–H groups in total. The van der Waals surface area contributed by atoms with Crippen molar-refractivity contribution in [3.63, 3.8) is 0 Å². The van der Waals surface area contributed by atoms with Crippen LogP contribution in [0.1, 0.15) is 68.2 Å². The van der Waals surface area contributed by atoms with Crippen LogP contribution < -0.4 is 0 Å². The molecule has 0 heterocycles. The largest absolute Gasteiger partial charge is 0.192 e. The van der Waals surface area contributed by atoms with E-state index in [1.807, 2.05) is 18.2 Å². The van der Waals surface area contributed by atoms with Gasteiger partial charge in [-0.2, -0.15) is 10.5 Å². The molecule has 0 saturated carbocycles. The Labute approximate surface area is 133 Å². The Hall–Kier alpha value is -2.32. The van der Waals surface area contributed by atoms with E-state index in [4.69, 9.17) is 0 Å². The molecule has 22 heavy (non-hydrogen) atoms. The lowest BCUT2D eigenvalue weighted by Gasteiger charge is -2.21. The van der Waals surface area contributed by atoms with Gasteiger partial charge >= 0.3 is 0 Å². The number of unbranched alkanes of at least 4 members (excludes halogenated alkanes) is 1. The summed E-state index contributed by atoms with van der Waals surface area (Å²) >= 11 is 0. The van der Waals surface area contributed by atoms with E-state index in [2.05, 4.69) is 39.0 Å². The van der Waals surface area contributed by atoms with Crippen molar-refractivity contribution in [1.29, 1.82) is 10.5 Å². The molecule has 0 radical (unpaired) electrons. The van der Waals surface area contributed by atoms with Crippen molar-refractivity contribution in [2.24, 2.45) is 0 Å². The minimum atomic E-state index is 0.386. The van der Waals surface area contributed by atoms with Crippen molar-refractivity contribution in [1.82, 2.24) is 0 Å². The SMILES string of the molecule is CCCCc1c(C#N)c(C#N)c2ccccc2c1C(C)CC. The van der Waals surface area contributed by atoms with Crippen molar-refractivity contribution >= 4 is 10.8 Å². The molecular weight excluding hydrogens is 268 g/mol. The minimum absolute atomic E-state index is 0.386. The molecule has 0 bridgehead atoms. The third-order valence-electron chi connectivity index (χ3n) is 4.47. The highest BCUT2D eigenvalue weighted by Gasteiger charge is 2.21. The molecule has 2 aromatic carbocycles. The van der Waals surface area contributed by atoms with Crippen molar-refractivity contribution in [3.8, 4) is 12.1 Å². The molecule has 0 fully saturated rings. The van der Waals surface area contributed by atoms with Crippen LogP contribution >= 0.6 is 0 Å². The fourth-order valence-electron chi connectivity index (χ4n) is 3.14. The van der Waals surface area contributed by atoms with Gasteiger partial charge in [0.25, 0.3) is 0 Å². The van der Waals surface area contributed by atoms with Crippen molar-refractivity contribution in [3.05, 3.63) is 46.5 Å². The van der Waals surface area contributed by atoms with E-state index in [0.29, 0.717) is 17.0 Å². The molecule has 2 rings (SSSR count).